The summed E-state index contributed by atoms with van der Waals surface area (Å²) in [4.78, 5) is 41.2. The molecule has 9 nitrogen and oxygen atoms in total. The SMILES string of the molecule is COc1ccc(NC(=O)Cn2cnc3scc(-c4ccccc4)c3c2=O)c([N+](=O)[O-])c1. The molecule has 0 fully saturated rings. The maximum Gasteiger partial charge on any atom is 0.296 e. The van der Waals surface area contributed by atoms with E-state index in [0.717, 1.165) is 11.1 Å². The Morgan fingerprint density at radius 1 is 1.26 bits per heavy atom. The van der Waals surface area contributed by atoms with Crippen molar-refractivity contribution in [2.75, 3.05) is 12.4 Å². The zero-order valence-electron chi connectivity index (χ0n) is 16.3. The molecule has 0 aliphatic carbocycles. The highest BCUT2D eigenvalue weighted by atomic mass is 32.1. The number of aromatic nitrogens is 2. The van der Waals surface area contributed by atoms with Gasteiger partial charge in [-0.25, -0.2) is 4.98 Å². The van der Waals surface area contributed by atoms with Crippen LogP contribution in [-0.2, 0) is 11.3 Å². The third-order valence-electron chi connectivity index (χ3n) is 4.64. The summed E-state index contributed by atoms with van der Waals surface area (Å²) in [5.41, 5.74) is 0.975. The van der Waals surface area contributed by atoms with Gasteiger partial charge in [-0.05, 0) is 17.7 Å². The van der Waals surface area contributed by atoms with Gasteiger partial charge < -0.3 is 10.1 Å². The summed E-state index contributed by atoms with van der Waals surface area (Å²) in [5.74, 6) is -0.297. The molecule has 0 saturated carbocycles. The second-order valence-corrected chi connectivity index (χ2v) is 7.42. The Labute approximate surface area is 179 Å². The van der Waals surface area contributed by atoms with Crippen LogP contribution in [0.15, 0.2) is 65.0 Å². The number of amides is 1. The Balaban J connectivity index is 1.64. The Morgan fingerprint density at radius 3 is 2.74 bits per heavy atom. The maximum atomic E-state index is 13.1. The number of hydrogen-bond acceptors (Lipinski definition) is 7. The minimum absolute atomic E-state index is 0.0124. The molecule has 1 N–H and O–H groups in total. The summed E-state index contributed by atoms with van der Waals surface area (Å²) in [6.07, 6.45) is 1.30. The van der Waals surface area contributed by atoms with Crippen molar-refractivity contribution in [2.45, 2.75) is 6.54 Å². The van der Waals surface area contributed by atoms with Gasteiger partial charge in [0.05, 0.1) is 29.8 Å². The Morgan fingerprint density at radius 2 is 2.03 bits per heavy atom. The van der Waals surface area contributed by atoms with Crippen LogP contribution in [0.3, 0.4) is 0 Å². The highest BCUT2D eigenvalue weighted by Gasteiger charge is 2.19. The van der Waals surface area contributed by atoms with Crippen molar-refractivity contribution >= 4 is 38.8 Å². The van der Waals surface area contributed by atoms with E-state index >= 15 is 0 Å². The summed E-state index contributed by atoms with van der Waals surface area (Å²) in [5, 5.41) is 16.1. The minimum atomic E-state index is -0.616. The van der Waals surface area contributed by atoms with E-state index in [-0.39, 0.29) is 23.5 Å². The molecule has 4 rings (SSSR count). The van der Waals surface area contributed by atoms with E-state index < -0.39 is 10.8 Å². The van der Waals surface area contributed by atoms with Crippen LogP contribution in [0.25, 0.3) is 21.3 Å². The maximum absolute atomic E-state index is 13.1. The quantitative estimate of drug-likeness (QED) is 0.364. The number of carbonyl (C=O) groups is 1. The van der Waals surface area contributed by atoms with E-state index in [9.17, 15) is 19.7 Å². The molecule has 1 amide bonds. The zero-order valence-corrected chi connectivity index (χ0v) is 17.1. The van der Waals surface area contributed by atoms with Gasteiger partial charge in [0.15, 0.2) is 0 Å². The van der Waals surface area contributed by atoms with E-state index in [1.807, 2.05) is 35.7 Å². The van der Waals surface area contributed by atoms with Crippen molar-refractivity contribution < 1.29 is 14.5 Å². The fraction of sp³-hybridized carbons (Fsp3) is 0.0952. The molecule has 2 aromatic carbocycles. The molecular weight excluding hydrogens is 420 g/mol. The van der Waals surface area contributed by atoms with Crippen LogP contribution in [0, 0.1) is 10.1 Å². The number of nitro benzene ring substituents is 1. The van der Waals surface area contributed by atoms with E-state index in [4.69, 9.17) is 4.74 Å². The predicted molar refractivity (Wildman–Crippen MR) is 118 cm³/mol. The summed E-state index contributed by atoms with van der Waals surface area (Å²) >= 11 is 1.35. The topological polar surface area (TPSA) is 116 Å². The second-order valence-electron chi connectivity index (χ2n) is 6.56. The number of benzene rings is 2. The molecule has 0 radical (unpaired) electrons. The number of ether oxygens (including phenoxy) is 1. The van der Waals surface area contributed by atoms with E-state index in [2.05, 4.69) is 10.3 Å². The highest BCUT2D eigenvalue weighted by molar-refractivity contribution is 7.17. The van der Waals surface area contributed by atoms with Gasteiger partial charge in [0.2, 0.25) is 5.91 Å². The zero-order chi connectivity index (χ0) is 22.0. The number of anilines is 1. The van der Waals surface area contributed by atoms with Crippen molar-refractivity contribution in [1.29, 1.82) is 0 Å². The van der Waals surface area contributed by atoms with Crippen LogP contribution < -0.4 is 15.6 Å². The lowest BCUT2D eigenvalue weighted by atomic mass is 10.1. The van der Waals surface area contributed by atoms with Gasteiger partial charge in [-0.15, -0.1) is 11.3 Å². The Hall–Kier alpha value is -4.05. The number of nitrogens with zero attached hydrogens (tertiary/aromatic N) is 3. The lowest BCUT2D eigenvalue weighted by molar-refractivity contribution is -0.384. The summed E-state index contributed by atoms with van der Waals surface area (Å²) in [6, 6.07) is 13.5. The molecule has 0 atom stereocenters. The molecule has 0 spiro atoms. The van der Waals surface area contributed by atoms with Crippen molar-refractivity contribution in [3.05, 3.63) is 80.7 Å². The number of carbonyl (C=O) groups excluding carboxylic acids is 1. The number of hydrogen-bond donors (Lipinski definition) is 1. The number of nitro groups is 1. The average Bonchev–Trinajstić information content (AvgIpc) is 3.21. The molecule has 31 heavy (non-hydrogen) atoms. The predicted octanol–water partition coefficient (Wildman–Crippen LogP) is 3.68. The number of thiophene rings is 1. The average molecular weight is 436 g/mol. The molecule has 156 valence electrons. The fourth-order valence-corrected chi connectivity index (χ4v) is 4.06. The third kappa shape index (κ3) is 4.01. The Bertz CT molecular complexity index is 1350. The molecule has 0 saturated heterocycles. The number of methoxy groups -OCH3 is 1. The normalized spacial score (nSPS) is 10.7. The molecule has 4 aromatic rings. The summed E-state index contributed by atoms with van der Waals surface area (Å²) in [7, 11) is 1.39. The molecule has 0 unspecified atom stereocenters. The van der Waals surface area contributed by atoms with Gasteiger partial charge in [0.25, 0.3) is 11.2 Å². The van der Waals surface area contributed by atoms with Crippen molar-refractivity contribution in [3.8, 4) is 16.9 Å². The number of nitrogens with one attached hydrogen (secondary N) is 1. The van der Waals surface area contributed by atoms with Crippen LogP contribution in [0.5, 0.6) is 5.75 Å². The van der Waals surface area contributed by atoms with E-state index in [1.54, 1.807) is 0 Å². The summed E-state index contributed by atoms with van der Waals surface area (Å²) < 4.78 is 6.17. The van der Waals surface area contributed by atoms with Crippen molar-refractivity contribution in [1.82, 2.24) is 9.55 Å². The largest absolute Gasteiger partial charge is 0.496 e. The monoisotopic (exact) mass is 436 g/mol. The minimum Gasteiger partial charge on any atom is -0.496 e. The van der Waals surface area contributed by atoms with Gasteiger partial charge in [0, 0.05) is 10.9 Å². The molecule has 2 heterocycles. The standard InChI is InChI=1S/C21H16N4O5S/c1-30-14-7-8-16(17(9-14)25(28)29)23-18(26)10-24-12-22-20-19(21(24)27)15(11-31-20)13-5-3-2-4-6-13/h2-9,11-12H,10H2,1H3,(H,23,26). The van der Waals surface area contributed by atoms with Crippen LogP contribution in [0.1, 0.15) is 0 Å². The van der Waals surface area contributed by atoms with Gasteiger partial charge >= 0.3 is 0 Å². The van der Waals surface area contributed by atoms with Crippen LogP contribution in [-0.4, -0.2) is 27.5 Å². The lowest BCUT2D eigenvalue weighted by Crippen LogP contribution is -2.28. The first-order valence-corrected chi connectivity index (χ1v) is 10.00. The highest BCUT2D eigenvalue weighted by Crippen LogP contribution is 2.31. The molecule has 10 heteroatoms. The molecule has 2 aromatic heterocycles. The van der Waals surface area contributed by atoms with Crippen molar-refractivity contribution in [3.63, 3.8) is 0 Å². The van der Waals surface area contributed by atoms with Crippen LogP contribution in [0.4, 0.5) is 11.4 Å². The van der Waals surface area contributed by atoms with Crippen molar-refractivity contribution in [2.24, 2.45) is 0 Å². The molecule has 0 aliphatic rings. The molecular formula is C21H16N4O5S. The first-order chi connectivity index (χ1) is 15.0. The van der Waals surface area contributed by atoms with Gasteiger partial charge in [0.1, 0.15) is 22.8 Å². The third-order valence-corrected chi connectivity index (χ3v) is 5.52. The lowest BCUT2D eigenvalue weighted by Gasteiger charge is -2.09. The summed E-state index contributed by atoms with van der Waals surface area (Å²) in [6.45, 7) is -0.338. The first-order valence-electron chi connectivity index (χ1n) is 9.12. The van der Waals surface area contributed by atoms with Crippen LogP contribution in [0.2, 0.25) is 0 Å². The van der Waals surface area contributed by atoms with Gasteiger partial charge in [-0.1, -0.05) is 30.3 Å². The number of rotatable bonds is 6. The van der Waals surface area contributed by atoms with Crippen LogP contribution >= 0.6 is 11.3 Å². The van der Waals surface area contributed by atoms with Gasteiger partial charge in [-0.3, -0.25) is 24.3 Å². The molecule has 0 aliphatic heterocycles. The molecule has 0 bridgehead atoms. The second kappa shape index (κ2) is 8.36. The number of fused-ring (bicyclic) bond motifs is 1. The fourth-order valence-electron chi connectivity index (χ4n) is 3.15. The van der Waals surface area contributed by atoms with E-state index in [0.29, 0.717) is 16.0 Å². The smallest absolute Gasteiger partial charge is 0.296 e. The first kappa shape index (κ1) is 20.2. The Kier molecular flexibility index (Phi) is 5.46. The van der Waals surface area contributed by atoms with Gasteiger partial charge in [-0.2, -0.15) is 0 Å². The van der Waals surface area contributed by atoms with E-state index in [1.165, 1.54) is 47.5 Å².